The summed E-state index contributed by atoms with van der Waals surface area (Å²) >= 11 is 0. The Morgan fingerprint density at radius 2 is 1.69 bits per heavy atom. The van der Waals surface area contributed by atoms with Crippen molar-refractivity contribution < 1.29 is 18.1 Å². The Morgan fingerprint density at radius 3 is 2.29 bits per heavy atom. The van der Waals surface area contributed by atoms with Gasteiger partial charge in [0.05, 0.1) is 15.9 Å². The van der Waals surface area contributed by atoms with Crippen LogP contribution in [0.25, 0.3) is 0 Å². The van der Waals surface area contributed by atoms with Gasteiger partial charge in [-0.15, -0.1) is 0 Å². The first-order valence-corrected chi connectivity index (χ1v) is 12.8. The average molecular weight is 491 g/mol. The molecule has 1 aliphatic rings. The monoisotopic (exact) mass is 490 g/mol. The van der Waals surface area contributed by atoms with Gasteiger partial charge < -0.3 is 0 Å². The molecule has 180 valence electrons. The molecule has 35 heavy (non-hydrogen) atoms. The molecule has 8 heteroatoms. The van der Waals surface area contributed by atoms with Gasteiger partial charge in [-0.3, -0.25) is 19.2 Å². The van der Waals surface area contributed by atoms with Gasteiger partial charge in [-0.25, -0.2) is 8.42 Å². The van der Waals surface area contributed by atoms with Crippen molar-refractivity contribution in [1.29, 1.82) is 0 Å². The van der Waals surface area contributed by atoms with E-state index in [0.717, 1.165) is 5.56 Å². The topological polar surface area (TPSA) is 97.6 Å². The molecule has 1 saturated heterocycles. The van der Waals surface area contributed by atoms with Gasteiger partial charge in [0.25, 0.3) is 15.7 Å². The van der Waals surface area contributed by atoms with Gasteiger partial charge in [-0.05, 0) is 38.0 Å². The van der Waals surface area contributed by atoms with E-state index in [1.54, 1.807) is 61.5 Å². The third-order valence-corrected chi connectivity index (χ3v) is 8.22. The third-order valence-electron chi connectivity index (χ3n) is 6.39. The largest absolute Gasteiger partial charge is 0.289 e. The minimum Gasteiger partial charge on any atom is -0.289 e. The van der Waals surface area contributed by atoms with Gasteiger partial charge in [-0.1, -0.05) is 67.1 Å². The van der Waals surface area contributed by atoms with Crippen LogP contribution in [0, 0.1) is 29.9 Å². The molecule has 1 aliphatic heterocycles. The lowest BCUT2D eigenvalue weighted by Crippen LogP contribution is -2.50. The SMILES string of the molecule is CC[C@H]1/C(=C\C(=O)c2ccccc2)N(S(=O)(=O)c2ccc(C)cc2)[C@@H]1c1ccc(C)c([N+](=O)[O-])c1. The first-order valence-electron chi connectivity index (χ1n) is 11.3. The zero-order valence-corrected chi connectivity index (χ0v) is 20.5. The lowest BCUT2D eigenvalue weighted by atomic mass is 9.79. The normalized spacial score (nSPS) is 18.8. The summed E-state index contributed by atoms with van der Waals surface area (Å²) in [4.78, 5) is 24.2. The van der Waals surface area contributed by atoms with Crippen LogP contribution in [-0.4, -0.2) is 23.4 Å². The fourth-order valence-electron chi connectivity index (χ4n) is 4.48. The summed E-state index contributed by atoms with van der Waals surface area (Å²) in [7, 11) is -4.04. The Kier molecular flexibility index (Phi) is 6.58. The number of benzene rings is 3. The van der Waals surface area contributed by atoms with Crippen LogP contribution in [0.5, 0.6) is 0 Å². The number of aryl methyl sites for hydroxylation is 2. The van der Waals surface area contributed by atoms with Crippen molar-refractivity contribution in [3.8, 4) is 0 Å². The smallest absolute Gasteiger partial charge is 0.272 e. The molecule has 0 aliphatic carbocycles. The molecule has 0 spiro atoms. The maximum absolute atomic E-state index is 13.8. The van der Waals surface area contributed by atoms with Gasteiger partial charge in [0.15, 0.2) is 5.78 Å². The van der Waals surface area contributed by atoms with Crippen LogP contribution in [0.15, 0.2) is 89.5 Å². The molecule has 0 saturated carbocycles. The van der Waals surface area contributed by atoms with E-state index in [2.05, 4.69) is 0 Å². The van der Waals surface area contributed by atoms with E-state index in [1.807, 2.05) is 13.8 Å². The highest BCUT2D eigenvalue weighted by atomic mass is 32.2. The number of carbonyl (C=O) groups is 1. The summed E-state index contributed by atoms with van der Waals surface area (Å²) in [6, 6.07) is 19.3. The second-order valence-corrected chi connectivity index (χ2v) is 10.5. The van der Waals surface area contributed by atoms with Gasteiger partial charge >= 0.3 is 0 Å². The predicted molar refractivity (Wildman–Crippen MR) is 133 cm³/mol. The highest BCUT2D eigenvalue weighted by Gasteiger charge is 2.50. The number of nitro groups is 1. The van der Waals surface area contributed by atoms with E-state index < -0.39 is 21.0 Å². The van der Waals surface area contributed by atoms with E-state index in [4.69, 9.17) is 0 Å². The van der Waals surface area contributed by atoms with Crippen LogP contribution in [0.1, 0.15) is 46.4 Å². The fourth-order valence-corrected chi connectivity index (χ4v) is 6.22. The Morgan fingerprint density at radius 1 is 1.03 bits per heavy atom. The molecule has 0 bridgehead atoms. The first kappa shape index (κ1) is 24.3. The summed E-state index contributed by atoms with van der Waals surface area (Å²) < 4.78 is 28.9. The number of hydrogen-bond acceptors (Lipinski definition) is 5. The summed E-state index contributed by atoms with van der Waals surface area (Å²) in [6.45, 7) is 5.42. The van der Waals surface area contributed by atoms with Crippen LogP contribution < -0.4 is 0 Å². The zero-order chi connectivity index (χ0) is 25.3. The Labute approximate surface area is 204 Å². The maximum atomic E-state index is 13.8. The van der Waals surface area contributed by atoms with Crippen molar-refractivity contribution in [2.75, 3.05) is 0 Å². The number of nitro benzene ring substituents is 1. The van der Waals surface area contributed by atoms with Gasteiger partial charge in [0.2, 0.25) is 0 Å². The molecule has 4 rings (SSSR count). The molecule has 1 heterocycles. The van der Waals surface area contributed by atoms with Crippen molar-refractivity contribution in [1.82, 2.24) is 4.31 Å². The molecule has 0 unspecified atom stereocenters. The van der Waals surface area contributed by atoms with Gasteiger partial charge in [0, 0.05) is 34.9 Å². The molecule has 0 N–H and O–H groups in total. The first-order chi connectivity index (χ1) is 16.6. The summed E-state index contributed by atoms with van der Waals surface area (Å²) in [5, 5.41) is 11.6. The number of ketones is 1. The molecule has 7 nitrogen and oxygen atoms in total. The maximum Gasteiger partial charge on any atom is 0.272 e. The molecule has 0 amide bonds. The average Bonchev–Trinajstić information content (AvgIpc) is 2.82. The van der Waals surface area contributed by atoms with Crippen LogP contribution in [-0.2, 0) is 10.0 Å². The number of hydrogen-bond donors (Lipinski definition) is 0. The Bertz CT molecular complexity index is 1410. The number of carbonyl (C=O) groups excluding carboxylic acids is 1. The third kappa shape index (κ3) is 4.49. The predicted octanol–water partition coefficient (Wildman–Crippen LogP) is 5.75. The number of nitrogens with zero attached hydrogens (tertiary/aromatic N) is 2. The van der Waals surface area contributed by atoms with Crippen LogP contribution in [0.4, 0.5) is 5.69 Å². The molecule has 3 aromatic carbocycles. The Hall–Kier alpha value is -3.78. The lowest BCUT2D eigenvalue weighted by molar-refractivity contribution is -0.385. The molecule has 0 aromatic heterocycles. The molecule has 3 aromatic rings. The molecule has 0 radical (unpaired) electrons. The second-order valence-electron chi connectivity index (χ2n) is 8.68. The van der Waals surface area contributed by atoms with E-state index >= 15 is 0 Å². The minimum absolute atomic E-state index is 0.0668. The minimum atomic E-state index is -4.04. The highest BCUT2D eigenvalue weighted by molar-refractivity contribution is 7.89. The molecular weight excluding hydrogens is 464 g/mol. The molecular formula is C27H26N2O5S. The summed E-state index contributed by atoms with van der Waals surface area (Å²) in [5.74, 6) is -0.596. The quantitative estimate of drug-likeness (QED) is 0.182. The van der Waals surface area contributed by atoms with E-state index in [-0.39, 0.29) is 22.3 Å². The summed E-state index contributed by atoms with van der Waals surface area (Å²) in [6.07, 6.45) is 1.94. The van der Waals surface area contributed by atoms with Gasteiger partial charge in [-0.2, -0.15) is 0 Å². The summed E-state index contributed by atoms with van der Waals surface area (Å²) in [5.41, 5.74) is 2.71. The van der Waals surface area contributed by atoms with Gasteiger partial charge in [0.1, 0.15) is 0 Å². The van der Waals surface area contributed by atoms with Crippen LogP contribution in [0.2, 0.25) is 0 Å². The lowest BCUT2D eigenvalue weighted by Gasteiger charge is -2.50. The number of sulfonamides is 1. The Balaban J connectivity index is 1.86. The standard InChI is InChI=1S/C27H26N2O5S/c1-4-23-25(17-26(30)20-8-6-5-7-9-20)28(35(33,34)22-14-10-18(2)11-15-22)27(23)21-13-12-19(3)24(16-21)29(31)32/h5-17,23,27H,4H2,1-3H3/b25-17+/t23-,27+/m0/s1. The fraction of sp³-hybridized carbons (Fsp3) is 0.222. The highest BCUT2D eigenvalue weighted by Crippen LogP contribution is 2.52. The van der Waals surface area contributed by atoms with Crippen LogP contribution >= 0.6 is 0 Å². The number of rotatable bonds is 7. The molecule has 1 fully saturated rings. The van der Waals surface area contributed by atoms with Crippen molar-refractivity contribution in [3.63, 3.8) is 0 Å². The van der Waals surface area contributed by atoms with E-state index in [9.17, 15) is 23.3 Å². The second kappa shape index (κ2) is 9.46. The van der Waals surface area contributed by atoms with Crippen LogP contribution in [0.3, 0.4) is 0 Å². The van der Waals surface area contributed by atoms with Crippen molar-refractivity contribution in [2.45, 2.75) is 38.1 Å². The zero-order valence-electron chi connectivity index (χ0n) is 19.7. The van der Waals surface area contributed by atoms with Crippen molar-refractivity contribution in [2.24, 2.45) is 5.92 Å². The van der Waals surface area contributed by atoms with Crippen molar-refractivity contribution >= 4 is 21.5 Å². The van der Waals surface area contributed by atoms with E-state index in [1.165, 1.54) is 28.6 Å². The van der Waals surface area contributed by atoms with E-state index in [0.29, 0.717) is 28.8 Å². The molecule has 2 atom stereocenters. The van der Waals surface area contributed by atoms with Crippen molar-refractivity contribution in [3.05, 3.63) is 117 Å². The number of allylic oxidation sites excluding steroid dienone is 1.